The number of rotatable bonds is 7. The molecule has 1 N–H and O–H groups in total. The Hall–Kier alpha value is -3.93. The van der Waals surface area contributed by atoms with Crippen molar-refractivity contribution in [2.75, 3.05) is 5.32 Å². The number of aryl methyl sites for hydroxylation is 1. The number of para-hydroxylation sites is 1. The number of amides is 1. The van der Waals surface area contributed by atoms with E-state index in [2.05, 4.69) is 15.5 Å². The normalized spacial score (nSPS) is 10.5. The number of anilines is 1. The number of benzene rings is 3. The molecule has 0 aliphatic heterocycles. The molecule has 4 aromatic rings. The molecular formula is C23H19N3O3. The Kier molecular flexibility index (Phi) is 5.62. The summed E-state index contributed by atoms with van der Waals surface area (Å²) in [6, 6.07) is 26.3. The lowest BCUT2D eigenvalue weighted by Gasteiger charge is -2.07. The smallest absolute Gasteiger partial charge is 0.227 e. The van der Waals surface area contributed by atoms with Crippen LogP contribution in [0.2, 0.25) is 0 Å². The number of carbonyl (C=O) groups excluding carboxylic acids is 1. The van der Waals surface area contributed by atoms with Crippen LogP contribution in [-0.2, 0) is 11.2 Å². The second-order valence-corrected chi connectivity index (χ2v) is 6.37. The molecule has 6 heteroatoms. The highest BCUT2D eigenvalue weighted by molar-refractivity contribution is 5.90. The van der Waals surface area contributed by atoms with Gasteiger partial charge in [0, 0.05) is 24.1 Å². The molecule has 4 rings (SSSR count). The number of aromatic nitrogens is 2. The molecule has 1 aromatic heterocycles. The Morgan fingerprint density at radius 2 is 1.52 bits per heavy atom. The van der Waals surface area contributed by atoms with Crippen molar-refractivity contribution in [3.05, 3.63) is 90.8 Å². The molecule has 29 heavy (non-hydrogen) atoms. The fourth-order valence-corrected chi connectivity index (χ4v) is 2.74. The van der Waals surface area contributed by atoms with Crippen molar-refractivity contribution in [2.24, 2.45) is 0 Å². The molecule has 0 fully saturated rings. The molecule has 0 saturated carbocycles. The van der Waals surface area contributed by atoms with Crippen molar-refractivity contribution in [1.29, 1.82) is 0 Å². The summed E-state index contributed by atoms with van der Waals surface area (Å²) in [4.78, 5) is 16.5. The first-order valence-corrected chi connectivity index (χ1v) is 9.27. The van der Waals surface area contributed by atoms with Crippen LogP contribution in [0, 0.1) is 0 Å². The van der Waals surface area contributed by atoms with E-state index in [1.54, 1.807) is 12.1 Å². The maximum Gasteiger partial charge on any atom is 0.227 e. The Bertz CT molecular complexity index is 1060. The predicted molar refractivity (Wildman–Crippen MR) is 110 cm³/mol. The van der Waals surface area contributed by atoms with Crippen molar-refractivity contribution >= 4 is 11.6 Å². The number of carbonyl (C=O) groups is 1. The van der Waals surface area contributed by atoms with Gasteiger partial charge in [-0.15, -0.1) is 0 Å². The summed E-state index contributed by atoms with van der Waals surface area (Å²) in [7, 11) is 0. The Balaban J connectivity index is 1.28. The van der Waals surface area contributed by atoms with Gasteiger partial charge >= 0.3 is 0 Å². The first-order chi connectivity index (χ1) is 14.3. The van der Waals surface area contributed by atoms with Gasteiger partial charge in [-0.25, -0.2) is 0 Å². The van der Waals surface area contributed by atoms with Crippen molar-refractivity contribution in [3.8, 4) is 22.9 Å². The lowest BCUT2D eigenvalue weighted by Crippen LogP contribution is -2.12. The van der Waals surface area contributed by atoms with Gasteiger partial charge in [-0.1, -0.05) is 53.7 Å². The van der Waals surface area contributed by atoms with E-state index in [-0.39, 0.29) is 12.3 Å². The fourth-order valence-electron chi connectivity index (χ4n) is 2.74. The molecule has 6 nitrogen and oxygen atoms in total. The highest BCUT2D eigenvalue weighted by atomic mass is 16.5. The summed E-state index contributed by atoms with van der Waals surface area (Å²) >= 11 is 0. The van der Waals surface area contributed by atoms with Crippen molar-refractivity contribution in [1.82, 2.24) is 10.1 Å². The van der Waals surface area contributed by atoms with Crippen LogP contribution in [0.5, 0.6) is 11.5 Å². The van der Waals surface area contributed by atoms with Crippen molar-refractivity contribution in [2.45, 2.75) is 12.8 Å². The van der Waals surface area contributed by atoms with Crippen LogP contribution in [0.25, 0.3) is 11.4 Å². The van der Waals surface area contributed by atoms with Gasteiger partial charge in [-0.3, -0.25) is 4.79 Å². The quantitative estimate of drug-likeness (QED) is 0.479. The molecule has 0 aliphatic carbocycles. The molecule has 0 saturated heterocycles. The molecule has 0 radical (unpaired) electrons. The summed E-state index contributed by atoms with van der Waals surface area (Å²) in [5.74, 6) is 2.30. The number of hydrogen-bond donors (Lipinski definition) is 1. The van der Waals surface area contributed by atoms with E-state index in [0.29, 0.717) is 29.6 Å². The third-order valence-corrected chi connectivity index (χ3v) is 4.18. The topological polar surface area (TPSA) is 77.2 Å². The molecule has 1 heterocycles. The average molecular weight is 385 g/mol. The van der Waals surface area contributed by atoms with Crippen molar-refractivity contribution in [3.63, 3.8) is 0 Å². The number of hydrogen-bond acceptors (Lipinski definition) is 5. The molecular weight excluding hydrogens is 366 g/mol. The van der Waals surface area contributed by atoms with Gasteiger partial charge in [-0.05, 0) is 36.4 Å². The fraction of sp³-hybridized carbons (Fsp3) is 0.0870. The maximum atomic E-state index is 12.2. The molecule has 0 atom stereocenters. The van der Waals surface area contributed by atoms with Crippen LogP contribution in [0.15, 0.2) is 89.5 Å². The number of nitrogens with zero attached hydrogens (tertiary/aromatic N) is 2. The van der Waals surface area contributed by atoms with Gasteiger partial charge in [0.15, 0.2) is 0 Å². The largest absolute Gasteiger partial charge is 0.457 e. The van der Waals surface area contributed by atoms with Gasteiger partial charge in [0.1, 0.15) is 11.5 Å². The third kappa shape index (κ3) is 5.07. The predicted octanol–water partition coefficient (Wildman–Crippen LogP) is 5.10. The zero-order valence-electron chi connectivity index (χ0n) is 15.6. The zero-order valence-corrected chi connectivity index (χ0v) is 15.6. The van der Waals surface area contributed by atoms with Gasteiger partial charge < -0.3 is 14.6 Å². The van der Waals surface area contributed by atoms with E-state index in [9.17, 15) is 4.79 Å². The van der Waals surface area contributed by atoms with Gasteiger partial charge in [0.25, 0.3) is 0 Å². The van der Waals surface area contributed by atoms with E-state index in [0.717, 1.165) is 11.3 Å². The average Bonchev–Trinajstić information content (AvgIpc) is 3.24. The summed E-state index contributed by atoms with van der Waals surface area (Å²) < 4.78 is 11.0. The van der Waals surface area contributed by atoms with Crippen LogP contribution in [0.4, 0.5) is 5.69 Å². The third-order valence-electron chi connectivity index (χ3n) is 4.18. The Morgan fingerprint density at radius 3 is 2.24 bits per heavy atom. The molecule has 0 unspecified atom stereocenters. The second kappa shape index (κ2) is 8.84. The molecule has 0 bridgehead atoms. The monoisotopic (exact) mass is 385 g/mol. The summed E-state index contributed by atoms with van der Waals surface area (Å²) in [5, 5.41) is 6.82. The zero-order chi connectivity index (χ0) is 19.9. The van der Waals surface area contributed by atoms with E-state index < -0.39 is 0 Å². The molecule has 0 aliphatic rings. The van der Waals surface area contributed by atoms with E-state index in [4.69, 9.17) is 9.26 Å². The van der Waals surface area contributed by atoms with Crippen LogP contribution >= 0.6 is 0 Å². The molecule has 0 spiro atoms. The van der Waals surface area contributed by atoms with Crippen molar-refractivity contribution < 1.29 is 14.1 Å². The highest BCUT2D eigenvalue weighted by Gasteiger charge is 2.11. The SMILES string of the molecule is O=C(CCc1nc(-c2ccccc2)no1)Nc1ccc(Oc2ccccc2)cc1. The Labute approximate surface area is 168 Å². The summed E-state index contributed by atoms with van der Waals surface area (Å²) in [6.07, 6.45) is 0.625. The second-order valence-electron chi connectivity index (χ2n) is 6.37. The van der Waals surface area contributed by atoms with Crippen LogP contribution in [0.3, 0.4) is 0 Å². The minimum absolute atomic E-state index is 0.124. The molecule has 144 valence electrons. The van der Waals surface area contributed by atoms with Gasteiger partial charge in [0.05, 0.1) is 0 Å². The van der Waals surface area contributed by atoms with E-state index in [1.807, 2.05) is 72.8 Å². The minimum atomic E-state index is -0.124. The van der Waals surface area contributed by atoms with E-state index in [1.165, 1.54) is 0 Å². The van der Waals surface area contributed by atoms with Gasteiger partial charge in [0.2, 0.25) is 17.6 Å². The summed E-state index contributed by atoms with van der Waals surface area (Å²) in [5.41, 5.74) is 1.58. The van der Waals surface area contributed by atoms with Crippen LogP contribution < -0.4 is 10.1 Å². The van der Waals surface area contributed by atoms with E-state index >= 15 is 0 Å². The Morgan fingerprint density at radius 1 is 0.862 bits per heavy atom. The highest BCUT2D eigenvalue weighted by Crippen LogP contribution is 2.22. The summed E-state index contributed by atoms with van der Waals surface area (Å²) in [6.45, 7) is 0. The first-order valence-electron chi connectivity index (χ1n) is 9.27. The maximum absolute atomic E-state index is 12.2. The molecule has 1 amide bonds. The van der Waals surface area contributed by atoms with Crippen LogP contribution in [-0.4, -0.2) is 16.0 Å². The van der Waals surface area contributed by atoms with Crippen LogP contribution in [0.1, 0.15) is 12.3 Å². The first kappa shape index (κ1) is 18.4. The standard InChI is InChI=1S/C23H19N3O3/c27-21(15-16-22-25-23(26-29-22)17-7-3-1-4-8-17)24-18-11-13-20(14-12-18)28-19-9-5-2-6-10-19/h1-14H,15-16H2,(H,24,27). The number of ether oxygens (including phenoxy) is 1. The molecule has 3 aromatic carbocycles. The minimum Gasteiger partial charge on any atom is -0.457 e. The van der Waals surface area contributed by atoms with Gasteiger partial charge in [-0.2, -0.15) is 4.98 Å². The lowest BCUT2D eigenvalue weighted by molar-refractivity contribution is -0.116. The number of nitrogens with one attached hydrogen (secondary N) is 1. The lowest BCUT2D eigenvalue weighted by atomic mass is 10.2.